The molecule has 1 amide bonds. The first-order chi connectivity index (χ1) is 8.45. The molecule has 2 rings (SSSR count). The highest BCUT2D eigenvalue weighted by atomic mass is 16.5. The molecule has 1 aromatic rings. The van der Waals surface area contributed by atoms with E-state index in [1.165, 1.54) is 5.56 Å². The van der Waals surface area contributed by atoms with E-state index in [1.807, 2.05) is 18.2 Å². The lowest BCUT2D eigenvalue weighted by molar-refractivity contribution is -0.123. The zero-order valence-electron chi connectivity index (χ0n) is 11.3. The van der Waals surface area contributed by atoms with Crippen molar-refractivity contribution in [3.63, 3.8) is 0 Å². The summed E-state index contributed by atoms with van der Waals surface area (Å²) in [4.78, 5) is 11.5. The Balaban J connectivity index is 1.90. The Kier molecular flexibility index (Phi) is 3.60. The molecule has 1 aromatic carbocycles. The number of benzene rings is 1. The Morgan fingerprint density at radius 3 is 2.72 bits per heavy atom. The molecule has 1 aliphatic carbocycles. The molecule has 0 radical (unpaired) electrons. The summed E-state index contributed by atoms with van der Waals surface area (Å²) in [6.07, 6.45) is 2.20. The summed E-state index contributed by atoms with van der Waals surface area (Å²) < 4.78 is 5.52. The van der Waals surface area contributed by atoms with Crippen molar-refractivity contribution in [1.29, 1.82) is 0 Å². The van der Waals surface area contributed by atoms with Gasteiger partial charge in [-0.15, -0.1) is 0 Å². The molecule has 0 spiro atoms. The average Bonchev–Trinajstić information content (AvgIpc) is 3.10. The molecule has 0 aliphatic heterocycles. The molecule has 3 nitrogen and oxygen atoms in total. The van der Waals surface area contributed by atoms with Crippen LogP contribution < -0.4 is 10.1 Å². The van der Waals surface area contributed by atoms with Gasteiger partial charge in [-0.1, -0.05) is 32.9 Å². The predicted octanol–water partition coefficient (Wildman–Crippen LogP) is 2.64. The summed E-state index contributed by atoms with van der Waals surface area (Å²) in [5.74, 6) is 0.729. The highest BCUT2D eigenvalue weighted by Gasteiger charge is 2.23. The molecule has 0 bridgehead atoms. The van der Waals surface area contributed by atoms with E-state index in [4.69, 9.17) is 4.74 Å². The molecule has 3 heteroatoms. The van der Waals surface area contributed by atoms with E-state index in [9.17, 15) is 4.79 Å². The second-order valence-electron chi connectivity index (χ2n) is 5.91. The Bertz CT molecular complexity index is 430. The summed E-state index contributed by atoms with van der Waals surface area (Å²) >= 11 is 0. The molecule has 0 atom stereocenters. The molecule has 18 heavy (non-hydrogen) atoms. The lowest BCUT2D eigenvalue weighted by Gasteiger charge is -2.19. The molecule has 98 valence electrons. The van der Waals surface area contributed by atoms with Crippen molar-refractivity contribution in [2.45, 2.75) is 45.1 Å². The van der Waals surface area contributed by atoms with Crippen LogP contribution in [0.15, 0.2) is 24.3 Å². The van der Waals surface area contributed by atoms with Gasteiger partial charge < -0.3 is 10.1 Å². The standard InChI is InChI=1S/C15H21NO2/c1-15(2,3)11-5-4-6-13(9-11)18-10-14(17)16-12-7-8-12/h4-6,9,12H,7-8,10H2,1-3H3,(H,16,17). The van der Waals surface area contributed by atoms with Gasteiger partial charge in [0.2, 0.25) is 0 Å². The van der Waals surface area contributed by atoms with E-state index in [1.54, 1.807) is 0 Å². The van der Waals surface area contributed by atoms with Crippen molar-refractivity contribution in [3.05, 3.63) is 29.8 Å². The van der Waals surface area contributed by atoms with Gasteiger partial charge in [-0.05, 0) is 36.0 Å². The van der Waals surface area contributed by atoms with Gasteiger partial charge in [0.15, 0.2) is 6.61 Å². The Hall–Kier alpha value is -1.51. The molecule has 1 N–H and O–H groups in total. The topological polar surface area (TPSA) is 38.3 Å². The third kappa shape index (κ3) is 3.76. The number of hydrogen-bond donors (Lipinski definition) is 1. The number of carbonyl (C=O) groups is 1. The first-order valence-electron chi connectivity index (χ1n) is 6.48. The molecule has 0 unspecified atom stereocenters. The molecule has 1 fully saturated rings. The van der Waals surface area contributed by atoms with Gasteiger partial charge in [0.25, 0.3) is 5.91 Å². The van der Waals surface area contributed by atoms with Crippen LogP contribution in [0.2, 0.25) is 0 Å². The van der Waals surface area contributed by atoms with Crippen molar-refractivity contribution in [2.75, 3.05) is 6.61 Å². The number of amides is 1. The van der Waals surface area contributed by atoms with Crippen LogP contribution in [0.4, 0.5) is 0 Å². The monoisotopic (exact) mass is 247 g/mol. The number of hydrogen-bond acceptors (Lipinski definition) is 2. The van der Waals surface area contributed by atoms with Crippen LogP contribution in [0.5, 0.6) is 5.75 Å². The maximum absolute atomic E-state index is 11.5. The SMILES string of the molecule is CC(C)(C)c1cccc(OCC(=O)NC2CC2)c1. The first kappa shape index (κ1) is 12.9. The van der Waals surface area contributed by atoms with Crippen LogP contribution >= 0.6 is 0 Å². The fraction of sp³-hybridized carbons (Fsp3) is 0.533. The second kappa shape index (κ2) is 5.01. The number of ether oxygens (including phenoxy) is 1. The Morgan fingerprint density at radius 1 is 1.39 bits per heavy atom. The molecule has 0 aromatic heterocycles. The van der Waals surface area contributed by atoms with Gasteiger partial charge in [0.1, 0.15) is 5.75 Å². The largest absolute Gasteiger partial charge is 0.484 e. The van der Waals surface area contributed by atoms with Gasteiger partial charge >= 0.3 is 0 Å². The van der Waals surface area contributed by atoms with Crippen LogP contribution in [0, 0.1) is 0 Å². The maximum atomic E-state index is 11.5. The van der Waals surface area contributed by atoms with Gasteiger partial charge in [0.05, 0.1) is 0 Å². The summed E-state index contributed by atoms with van der Waals surface area (Å²) in [6.45, 7) is 6.58. The van der Waals surface area contributed by atoms with Crippen LogP contribution in [0.25, 0.3) is 0 Å². The smallest absolute Gasteiger partial charge is 0.258 e. The lowest BCUT2D eigenvalue weighted by atomic mass is 9.87. The van der Waals surface area contributed by atoms with E-state index in [-0.39, 0.29) is 17.9 Å². The van der Waals surface area contributed by atoms with E-state index in [2.05, 4.69) is 32.2 Å². The Morgan fingerprint density at radius 2 is 2.11 bits per heavy atom. The van der Waals surface area contributed by atoms with Crippen molar-refractivity contribution < 1.29 is 9.53 Å². The number of rotatable bonds is 4. The molecule has 1 saturated carbocycles. The third-order valence-electron chi connectivity index (χ3n) is 3.01. The van der Waals surface area contributed by atoms with Gasteiger partial charge in [-0.3, -0.25) is 4.79 Å². The Labute approximate surface area is 109 Å². The van der Waals surface area contributed by atoms with Crippen LogP contribution in [-0.2, 0) is 10.2 Å². The van der Waals surface area contributed by atoms with Crippen molar-refractivity contribution in [1.82, 2.24) is 5.32 Å². The van der Waals surface area contributed by atoms with E-state index < -0.39 is 0 Å². The molecular weight excluding hydrogens is 226 g/mol. The predicted molar refractivity (Wildman–Crippen MR) is 71.8 cm³/mol. The minimum Gasteiger partial charge on any atom is -0.484 e. The maximum Gasteiger partial charge on any atom is 0.258 e. The fourth-order valence-corrected chi connectivity index (χ4v) is 1.70. The molecular formula is C15H21NO2. The molecule has 0 saturated heterocycles. The normalized spacial score (nSPS) is 15.3. The molecule has 0 heterocycles. The zero-order chi connectivity index (χ0) is 13.2. The average molecular weight is 247 g/mol. The quantitative estimate of drug-likeness (QED) is 0.888. The second-order valence-corrected chi connectivity index (χ2v) is 5.91. The van der Waals surface area contributed by atoms with Crippen molar-refractivity contribution >= 4 is 5.91 Å². The number of carbonyl (C=O) groups excluding carboxylic acids is 1. The highest BCUT2D eigenvalue weighted by Crippen LogP contribution is 2.25. The van der Waals surface area contributed by atoms with E-state index in [0.717, 1.165) is 18.6 Å². The van der Waals surface area contributed by atoms with E-state index >= 15 is 0 Å². The van der Waals surface area contributed by atoms with E-state index in [0.29, 0.717) is 6.04 Å². The van der Waals surface area contributed by atoms with Crippen molar-refractivity contribution in [2.24, 2.45) is 0 Å². The fourth-order valence-electron chi connectivity index (χ4n) is 1.70. The minimum atomic E-state index is -0.0290. The first-order valence-corrected chi connectivity index (χ1v) is 6.48. The van der Waals surface area contributed by atoms with Crippen molar-refractivity contribution in [3.8, 4) is 5.75 Å². The number of nitrogens with one attached hydrogen (secondary N) is 1. The van der Waals surface area contributed by atoms with Crippen LogP contribution in [0.3, 0.4) is 0 Å². The van der Waals surface area contributed by atoms with Gasteiger partial charge in [-0.2, -0.15) is 0 Å². The summed E-state index contributed by atoms with van der Waals surface area (Å²) in [5, 5.41) is 2.91. The molecule has 1 aliphatic rings. The highest BCUT2D eigenvalue weighted by molar-refractivity contribution is 5.78. The van der Waals surface area contributed by atoms with Crippen LogP contribution in [0.1, 0.15) is 39.2 Å². The van der Waals surface area contributed by atoms with Gasteiger partial charge in [0, 0.05) is 6.04 Å². The summed E-state index contributed by atoms with van der Waals surface area (Å²) in [5.41, 5.74) is 1.30. The minimum absolute atomic E-state index is 0.0290. The van der Waals surface area contributed by atoms with Crippen LogP contribution in [-0.4, -0.2) is 18.6 Å². The summed E-state index contributed by atoms with van der Waals surface area (Å²) in [6, 6.07) is 8.33. The summed E-state index contributed by atoms with van der Waals surface area (Å²) in [7, 11) is 0. The lowest BCUT2D eigenvalue weighted by Crippen LogP contribution is -2.30. The third-order valence-corrected chi connectivity index (χ3v) is 3.01. The van der Waals surface area contributed by atoms with Gasteiger partial charge in [-0.25, -0.2) is 0 Å². The zero-order valence-corrected chi connectivity index (χ0v) is 11.3.